The summed E-state index contributed by atoms with van der Waals surface area (Å²) in [5.41, 5.74) is 3.34. The summed E-state index contributed by atoms with van der Waals surface area (Å²) in [5, 5.41) is 16.1. The number of imidazole rings is 1. The van der Waals surface area contributed by atoms with Gasteiger partial charge in [0.25, 0.3) is 5.09 Å². The summed E-state index contributed by atoms with van der Waals surface area (Å²) < 4.78 is 7.58. The molecule has 0 unspecified atom stereocenters. The predicted molar refractivity (Wildman–Crippen MR) is 108 cm³/mol. The Hall–Kier alpha value is -3.61. The van der Waals surface area contributed by atoms with E-state index < -0.39 is 5.09 Å². The number of hydrogen-bond acceptors (Lipinski definition) is 4. The van der Waals surface area contributed by atoms with E-state index in [9.17, 15) is 0 Å². The minimum Gasteiger partial charge on any atom is -0.497 e. The molecule has 144 valence electrons. The fourth-order valence-electron chi connectivity index (χ4n) is 3.30. The lowest BCUT2D eigenvalue weighted by atomic mass is 10.1. The smallest absolute Gasteiger partial charge is 0.291 e. The molecule has 0 saturated heterocycles. The Labute approximate surface area is 161 Å². The Kier molecular flexibility index (Phi) is 5.44. The number of hydrogen-bond donors (Lipinski definition) is 1. The van der Waals surface area contributed by atoms with E-state index in [1.54, 1.807) is 7.11 Å². The summed E-state index contributed by atoms with van der Waals surface area (Å²) in [4.78, 5) is 13.4. The standard InChI is InChI=1S/C21H20N2O.HNO3/c1-14(2)23-19-13-10-15-6-4-5-7-18(15)20(19)22-21(23)16-8-11-17(24-3)12-9-16;2-1(3)4/h4-14H,1-3H3;(H,2,3,4). The van der Waals surface area contributed by atoms with Crippen molar-refractivity contribution < 1.29 is 15.0 Å². The molecule has 0 spiro atoms. The summed E-state index contributed by atoms with van der Waals surface area (Å²) in [5.74, 6) is 1.86. The first-order valence-corrected chi connectivity index (χ1v) is 8.79. The van der Waals surface area contributed by atoms with Crippen LogP contribution in [-0.2, 0) is 0 Å². The molecule has 4 rings (SSSR count). The third kappa shape index (κ3) is 3.73. The quantitative estimate of drug-likeness (QED) is 0.395. The first kappa shape index (κ1) is 19.2. The van der Waals surface area contributed by atoms with Crippen LogP contribution in [0, 0.1) is 10.1 Å². The number of nitrogens with zero attached hydrogens (tertiary/aromatic N) is 3. The van der Waals surface area contributed by atoms with Crippen molar-refractivity contribution in [1.82, 2.24) is 9.55 Å². The van der Waals surface area contributed by atoms with E-state index in [0.717, 1.165) is 22.7 Å². The minimum atomic E-state index is -1.50. The summed E-state index contributed by atoms with van der Waals surface area (Å²) >= 11 is 0. The maximum atomic E-state index is 8.36. The van der Waals surface area contributed by atoms with Crippen molar-refractivity contribution in [2.45, 2.75) is 19.9 Å². The highest BCUT2D eigenvalue weighted by atomic mass is 16.9. The van der Waals surface area contributed by atoms with E-state index in [0.29, 0.717) is 6.04 Å². The lowest BCUT2D eigenvalue weighted by molar-refractivity contribution is -0.742. The number of benzene rings is 3. The topological polar surface area (TPSA) is 90.4 Å². The highest BCUT2D eigenvalue weighted by molar-refractivity contribution is 6.05. The zero-order valence-electron chi connectivity index (χ0n) is 15.9. The van der Waals surface area contributed by atoms with Crippen LogP contribution in [0.1, 0.15) is 19.9 Å². The van der Waals surface area contributed by atoms with Crippen LogP contribution in [0.5, 0.6) is 5.75 Å². The highest BCUT2D eigenvalue weighted by Gasteiger charge is 2.16. The average Bonchev–Trinajstić information content (AvgIpc) is 3.08. The van der Waals surface area contributed by atoms with Crippen LogP contribution in [0.2, 0.25) is 0 Å². The third-order valence-electron chi connectivity index (χ3n) is 4.45. The molecule has 0 amide bonds. The molecule has 1 heterocycles. The molecule has 3 aromatic carbocycles. The van der Waals surface area contributed by atoms with E-state index in [4.69, 9.17) is 25.0 Å². The normalized spacial score (nSPS) is 10.7. The fraction of sp³-hybridized carbons (Fsp3) is 0.190. The van der Waals surface area contributed by atoms with E-state index in [2.05, 4.69) is 66.9 Å². The Balaban J connectivity index is 0.000000516. The molecule has 0 aliphatic carbocycles. The monoisotopic (exact) mass is 379 g/mol. The van der Waals surface area contributed by atoms with Crippen LogP contribution in [0.3, 0.4) is 0 Å². The summed E-state index contributed by atoms with van der Waals surface area (Å²) in [6, 6.07) is 21.2. The van der Waals surface area contributed by atoms with Gasteiger partial charge in [-0.25, -0.2) is 4.98 Å². The van der Waals surface area contributed by atoms with Crippen molar-refractivity contribution in [2.75, 3.05) is 7.11 Å². The van der Waals surface area contributed by atoms with Crippen LogP contribution in [0.15, 0.2) is 60.7 Å². The molecular formula is C21H21N3O4. The van der Waals surface area contributed by atoms with Gasteiger partial charge in [0.2, 0.25) is 0 Å². The van der Waals surface area contributed by atoms with Crippen molar-refractivity contribution in [3.8, 4) is 17.1 Å². The Morgan fingerprint density at radius 3 is 2.32 bits per heavy atom. The average molecular weight is 379 g/mol. The van der Waals surface area contributed by atoms with Crippen molar-refractivity contribution in [2.24, 2.45) is 0 Å². The predicted octanol–water partition coefficient (Wildman–Crippen LogP) is 5.10. The van der Waals surface area contributed by atoms with Gasteiger partial charge in [-0.3, -0.25) is 0 Å². The summed E-state index contributed by atoms with van der Waals surface area (Å²) in [6.07, 6.45) is 0. The second-order valence-corrected chi connectivity index (χ2v) is 6.52. The van der Waals surface area contributed by atoms with Crippen molar-refractivity contribution in [3.05, 3.63) is 70.8 Å². The summed E-state index contributed by atoms with van der Waals surface area (Å²) in [7, 11) is 1.69. The number of methoxy groups -OCH3 is 1. The van der Waals surface area contributed by atoms with Gasteiger partial charge in [0.1, 0.15) is 11.6 Å². The number of ether oxygens (including phenoxy) is 1. The molecule has 0 bridgehead atoms. The molecule has 1 N–H and O–H groups in total. The Bertz CT molecular complexity index is 1110. The molecular weight excluding hydrogens is 358 g/mol. The van der Waals surface area contributed by atoms with Crippen LogP contribution in [0.4, 0.5) is 0 Å². The van der Waals surface area contributed by atoms with Gasteiger partial charge in [0, 0.05) is 17.0 Å². The van der Waals surface area contributed by atoms with Gasteiger partial charge >= 0.3 is 0 Å². The number of fused-ring (bicyclic) bond motifs is 3. The molecule has 0 aliphatic heterocycles. The third-order valence-corrected chi connectivity index (χ3v) is 4.45. The largest absolute Gasteiger partial charge is 0.497 e. The van der Waals surface area contributed by atoms with E-state index in [-0.39, 0.29) is 0 Å². The molecule has 0 radical (unpaired) electrons. The molecule has 4 aromatic rings. The Morgan fingerprint density at radius 2 is 1.71 bits per heavy atom. The Morgan fingerprint density at radius 1 is 1.07 bits per heavy atom. The molecule has 0 fully saturated rings. The number of aromatic nitrogens is 2. The molecule has 0 saturated carbocycles. The van der Waals surface area contributed by atoms with Crippen LogP contribution in [0.25, 0.3) is 33.2 Å². The highest BCUT2D eigenvalue weighted by Crippen LogP contribution is 2.33. The molecule has 28 heavy (non-hydrogen) atoms. The van der Waals surface area contributed by atoms with Crippen LogP contribution >= 0.6 is 0 Å². The fourth-order valence-corrected chi connectivity index (χ4v) is 3.30. The SMILES string of the molecule is COc1ccc(-c2nc3c4ccccc4ccc3n2C(C)C)cc1.O=[N+]([O-])O. The minimum absolute atomic E-state index is 0.327. The van der Waals surface area contributed by atoms with Gasteiger partial charge < -0.3 is 14.5 Å². The molecule has 1 aromatic heterocycles. The zero-order valence-corrected chi connectivity index (χ0v) is 15.9. The van der Waals surface area contributed by atoms with Crippen LogP contribution < -0.4 is 4.74 Å². The van der Waals surface area contributed by atoms with Crippen molar-refractivity contribution >= 4 is 21.8 Å². The molecule has 0 aliphatic rings. The second kappa shape index (κ2) is 7.96. The van der Waals surface area contributed by atoms with E-state index >= 15 is 0 Å². The maximum absolute atomic E-state index is 8.36. The summed E-state index contributed by atoms with van der Waals surface area (Å²) in [6.45, 7) is 4.40. The van der Waals surface area contributed by atoms with Gasteiger partial charge in [0.05, 0.1) is 18.1 Å². The molecule has 7 heteroatoms. The lowest BCUT2D eigenvalue weighted by Crippen LogP contribution is -2.03. The maximum Gasteiger partial charge on any atom is 0.291 e. The molecule has 0 atom stereocenters. The number of rotatable bonds is 3. The van der Waals surface area contributed by atoms with Crippen LogP contribution in [-0.4, -0.2) is 27.0 Å². The first-order chi connectivity index (χ1) is 13.4. The zero-order chi connectivity index (χ0) is 20.3. The second-order valence-electron chi connectivity index (χ2n) is 6.52. The van der Waals surface area contributed by atoms with Gasteiger partial charge in [-0.1, -0.05) is 30.3 Å². The van der Waals surface area contributed by atoms with E-state index in [1.165, 1.54) is 16.3 Å². The van der Waals surface area contributed by atoms with Crippen molar-refractivity contribution in [1.29, 1.82) is 0 Å². The van der Waals surface area contributed by atoms with Crippen molar-refractivity contribution in [3.63, 3.8) is 0 Å². The van der Waals surface area contributed by atoms with Gasteiger partial charge in [-0.2, -0.15) is 0 Å². The lowest BCUT2D eigenvalue weighted by Gasteiger charge is -2.13. The van der Waals surface area contributed by atoms with Gasteiger partial charge in [0.15, 0.2) is 0 Å². The molecule has 7 nitrogen and oxygen atoms in total. The van der Waals surface area contributed by atoms with Gasteiger partial charge in [-0.05, 0) is 49.6 Å². The van der Waals surface area contributed by atoms with E-state index in [1.807, 2.05) is 12.1 Å². The first-order valence-electron chi connectivity index (χ1n) is 8.79. The van der Waals surface area contributed by atoms with Gasteiger partial charge in [-0.15, -0.1) is 10.1 Å².